The van der Waals surface area contributed by atoms with Crippen LogP contribution in [0.4, 0.5) is 0 Å². The maximum atomic E-state index is 12.7. The third-order valence-electron chi connectivity index (χ3n) is 4.97. The smallest absolute Gasteiger partial charge is 0.240 e. The van der Waals surface area contributed by atoms with E-state index >= 15 is 0 Å². The fourth-order valence-corrected chi connectivity index (χ4v) is 3.78. The normalized spacial score (nSPS) is 27.4. The van der Waals surface area contributed by atoms with E-state index in [9.17, 15) is 4.79 Å². The van der Waals surface area contributed by atoms with E-state index in [2.05, 4.69) is 5.32 Å². The molecule has 114 valence electrons. The third-order valence-corrected chi connectivity index (χ3v) is 4.97. The van der Waals surface area contributed by atoms with Crippen molar-refractivity contribution >= 4 is 5.91 Å². The lowest BCUT2D eigenvalue weighted by atomic mass is 9.93. The van der Waals surface area contributed by atoms with Gasteiger partial charge in [0, 0.05) is 13.6 Å². The number of methoxy groups -OCH3 is 1. The van der Waals surface area contributed by atoms with E-state index in [4.69, 9.17) is 4.74 Å². The Kier molecular flexibility index (Phi) is 4.15. The van der Waals surface area contributed by atoms with Crippen molar-refractivity contribution < 1.29 is 9.53 Å². The Hall–Kier alpha value is -1.55. The largest absolute Gasteiger partial charge is 0.497 e. The number of hydrogen-bond donors (Lipinski definition) is 1. The van der Waals surface area contributed by atoms with Crippen molar-refractivity contribution in [3.05, 3.63) is 29.8 Å². The molecule has 3 atom stereocenters. The van der Waals surface area contributed by atoms with Gasteiger partial charge in [-0.15, -0.1) is 0 Å². The number of nitrogens with zero attached hydrogens (tertiary/aromatic N) is 1. The first-order valence-corrected chi connectivity index (χ1v) is 7.80. The lowest BCUT2D eigenvalue weighted by molar-refractivity contribution is -0.133. The number of nitrogens with one attached hydrogen (secondary N) is 1. The molecule has 2 fully saturated rings. The van der Waals surface area contributed by atoms with Gasteiger partial charge in [0.2, 0.25) is 5.91 Å². The number of rotatable bonds is 4. The number of benzene rings is 1. The van der Waals surface area contributed by atoms with Crippen LogP contribution in [-0.2, 0) is 11.3 Å². The topological polar surface area (TPSA) is 41.6 Å². The van der Waals surface area contributed by atoms with E-state index in [0.29, 0.717) is 18.4 Å². The molecule has 1 N–H and O–H groups in total. The monoisotopic (exact) mass is 288 g/mol. The number of carbonyl (C=O) groups is 1. The number of carbonyl (C=O) groups excluding carboxylic acids is 1. The molecule has 0 radical (unpaired) electrons. The van der Waals surface area contributed by atoms with Gasteiger partial charge in [-0.2, -0.15) is 0 Å². The minimum Gasteiger partial charge on any atom is -0.497 e. The first kappa shape index (κ1) is 14.4. The molecule has 21 heavy (non-hydrogen) atoms. The van der Waals surface area contributed by atoms with Gasteiger partial charge in [0.15, 0.2) is 0 Å². The Morgan fingerprint density at radius 1 is 1.33 bits per heavy atom. The van der Waals surface area contributed by atoms with Gasteiger partial charge in [-0.1, -0.05) is 18.6 Å². The van der Waals surface area contributed by atoms with Gasteiger partial charge < -0.3 is 15.0 Å². The van der Waals surface area contributed by atoms with Crippen LogP contribution < -0.4 is 10.1 Å². The average Bonchev–Trinajstić information content (AvgIpc) is 3.10. The van der Waals surface area contributed by atoms with Gasteiger partial charge in [-0.3, -0.25) is 4.79 Å². The van der Waals surface area contributed by atoms with E-state index in [1.165, 1.54) is 19.3 Å². The summed E-state index contributed by atoms with van der Waals surface area (Å²) in [6, 6.07) is 7.94. The Labute approximate surface area is 126 Å². The quantitative estimate of drug-likeness (QED) is 0.922. The summed E-state index contributed by atoms with van der Waals surface area (Å²) in [5.41, 5.74) is 1.13. The summed E-state index contributed by atoms with van der Waals surface area (Å²) in [6.07, 6.45) is 3.76. The second kappa shape index (κ2) is 6.06. The van der Waals surface area contributed by atoms with Gasteiger partial charge in [-0.25, -0.2) is 0 Å². The van der Waals surface area contributed by atoms with Crippen LogP contribution in [0.1, 0.15) is 24.8 Å². The van der Waals surface area contributed by atoms with Crippen LogP contribution in [0.15, 0.2) is 24.3 Å². The lowest BCUT2D eigenvalue weighted by Gasteiger charge is -2.24. The molecule has 1 aliphatic carbocycles. The summed E-state index contributed by atoms with van der Waals surface area (Å²) in [5, 5.41) is 3.43. The van der Waals surface area contributed by atoms with Crippen molar-refractivity contribution in [1.29, 1.82) is 0 Å². The molecule has 0 bridgehead atoms. The van der Waals surface area contributed by atoms with Crippen molar-refractivity contribution in [2.24, 2.45) is 11.8 Å². The average molecular weight is 288 g/mol. The van der Waals surface area contributed by atoms with Crippen molar-refractivity contribution in [3.63, 3.8) is 0 Å². The van der Waals surface area contributed by atoms with Gasteiger partial charge >= 0.3 is 0 Å². The second-order valence-electron chi connectivity index (χ2n) is 6.28. The number of likely N-dealkylation sites (N-methyl/N-ethyl adjacent to an activating group) is 1. The van der Waals surface area contributed by atoms with Crippen LogP contribution in [-0.4, -0.2) is 37.6 Å². The van der Waals surface area contributed by atoms with Crippen molar-refractivity contribution in [2.75, 3.05) is 20.7 Å². The highest BCUT2D eigenvalue weighted by molar-refractivity contribution is 5.82. The molecule has 1 aliphatic heterocycles. The molecule has 1 saturated heterocycles. The SMILES string of the molecule is COc1ccc(CN(C)C(=O)C2NCC3CCCC32)cc1. The highest BCUT2D eigenvalue weighted by Gasteiger charge is 2.43. The Morgan fingerprint density at radius 2 is 2.10 bits per heavy atom. The third kappa shape index (κ3) is 2.91. The van der Waals surface area contributed by atoms with E-state index in [0.717, 1.165) is 17.9 Å². The summed E-state index contributed by atoms with van der Waals surface area (Å²) in [7, 11) is 3.56. The molecule has 1 aromatic carbocycles. The van der Waals surface area contributed by atoms with Crippen LogP contribution in [0.25, 0.3) is 0 Å². The molecule has 4 nitrogen and oxygen atoms in total. The molecule has 4 heteroatoms. The van der Waals surface area contributed by atoms with Crippen LogP contribution in [0.5, 0.6) is 5.75 Å². The van der Waals surface area contributed by atoms with E-state index in [1.807, 2.05) is 36.2 Å². The number of fused-ring (bicyclic) bond motifs is 1. The Bertz CT molecular complexity index is 500. The first-order valence-electron chi connectivity index (χ1n) is 7.80. The van der Waals surface area contributed by atoms with E-state index in [-0.39, 0.29) is 11.9 Å². The molecule has 3 unspecified atom stereocenters. The van der Waals surface area contributed by atoms with Crippen molar-refractivity contribution in [3.8, 4) is 5.75 Å². The molecule has 0 spiro atoms. The minimum atomic E-state index is 0.0285. The maximum Gasteiger partial charge on any atom is 0.240 e. The van der Waals surface area contributed by atoms with Gasteiger partial charge in [-0.05, 0) is 48.9 Å². The molecule has 1 saturated carbocycles. The summed E-state index contributed by atoms with van der Waals surface area (Å²) < 4.78 is 5.16. The Morgan fingerprint density at radius 3 is 2.81 bits per heavy atom. The number of hydrogen-bond acceptors (Lipinski definition) is 3. The van der Waals surface area contributed by atoms with E-state index < -0.39 is 0 Å². The molecule has 1 amide bonds. The molecule has 1 aromatic rings. The van der Waals surface area contributed by atoms with Gasteiger partial charge in [0.25, 0.3) is 0 Å². The van der Waals surface area contributed by atoms with Crippen LogP contribution in [0, 0.1) is 11.8 Å². The van der Waals surface area contributed by atoms with Crippen LogP contribution >= 0.6 is 0 Å². The summed E-state index contributed by atoms with van der Waals surface area (Å²) in [5.74, 6) is 2.35. The zero-order chi connectivity index (χ0) is 14.8. The van der Waals surface area contributed by atoms with Crippen LogP contribution in [0.3, 0.4) is 0 Å². The second-order valence-corrected chi connectivity index (χ2v) is 6.28. The van der Waals surface area contributed by atoms with Crippen molar-refractivity contribution in [2.45, 2.75) is 31.8 Å². The van der Waals surface area contributed by atoms with E-state index in [1.54, 1.807) is 7.11 Å². The molecule has 3 rings (SSSR count). The first-order chi connectivity index (χ1) is 10.2. The number of ether oxygens (including phenoxy) is 1. The Balaban J connectivity index is 1.61. The fourth-order valence-electron chi connectivity index (χ4n) is 3.78. The number of amides is 1. The minimum absolute atomic E-state index is 0.0285. The molecule has 2 aliphatic rings. The van der Waals surface area contributed by atoms with Gasteiger partial charge in [0.05, 0.1) is 13.2 Å². The summed E-state index contributed by atoms with van der Waals surface area (Å²) >= 11 is 0. The standard InChI is InChI=1S/C17H24N2O2/c1-19(11-12-6-8-14(21-2)9-7-12)17(20)16-15-5-3-4-13(15)10-18-16/h6-9,13,15-16,18H,3-5,10-11H2,1-2H3. The lowest BCUT2D eigenvalue weighted by Crippen LogP contribution is -2.44. The van der Waals surface area contributed by atoms with Gasteiger partial charge in [0.1, 0.15) is 5.75 Å². The molecule has 0 aromatic heterocycles. The van der Waals surface area contributed by atoms with Crippen LogP contribution in [0.2, 0.25) is 0 Å². The highest BCUT2D eigenvalue weighted by Crippen LogP contribution is 2.38. The predicted molar refractivity (Wildman–Crippen MR) is 82.1 cm³/mol. The summed E-state index contributed by atoms with van der Waals surface area (Å²) in [4.78, 5) is 14.5. The predicted octanol–water partition coefficient (Wildman–Crippen LogP) is 2.04. The zero-order valence-electron chi connectivity index (χ0n) is 12.8. The highest BCUT2D eigenvalue weighted by atomic mass is 16.5. The molecule has 1 heterocycles. The fraction of sp³-hybridized carbons (Fsp3) is 0.588. The summed E-state index contributed by atoms with van der Waals surface area (Å²) in [6.45, 7) is 1.66. The molecular weight excluding hydrogens is 264 g/mol. The van der Waals surface area contributed by atoms with Crippen molar-refractivity contribution in [1.82, 2.24) is 10.2 Å². The maximum absolute atomic E-state index is 12.7. The molecular formula is C17H24N2O2. The zero-order valence-corrected chi connectivity index (χ0v) is 12.8.